The number of halogens is 1. The van der Waals surface area contributed by atoms with E-state index in [2.05, 4.69) is 10.3 Å². The van der Waals surface area contributed by atoms with Crippen LogP contribution in [0.25, 0.3) is 10.8 Å². The highest BCUT2D eigenvalue weighted by molar-refractivity contribution is 6.34. The average Bonchev–Trinajstić information content (AvgIpc) is 2.52. The zero-order chi connectivity index (χ0) is 16.6. The monoisotopic (exact) mass is 328 g/mol. The molecule has 0 aliphatic rings. The second-order valence-electron chi connectivity index (χ2n) is 5.15. The van der Waals surface area contributed by atoms with E-state index in [4.69, 9.17) is 11.6 Å². The first-order chi connectivity index (χ1) is 11.0. The number of para-hydroxylation sites is 1. The molecule has 3 aromatic rings. The van der Waals surface area contributed by atoms with Crippen LogP contribution in [0, 0.1) is 6.92 Å². The highest BCUT2D eigenvalue weighted by Gasteiger charge is 2.14. The van der Waals surface area contributed by atoms with Gasteiger partial charge in [0.25, 0.3) is 11.5 Å². The van der Waals surface area contributed by atoms with Gasteiger partial charge >= 0.3 is 0 Å². The lowest BCUT2D eigenvalue weighted by molar-refractivity contribution is 0.102. The molecule has 0 saturated heterocycles. The molecule has 116 valence electrons. The molecular weight excluding hydrogens is 316 g/mol. The maximum absolute atomic E-state index is 12.3. The topological polar surface area (TPSA) is 82.2 Å². The third kappa shape index (κ3) is 2.78. The number of phenolic OH excluding ortho intramolecular Hbond substituents is 1. The average molecular weight is 329 g/mol. The fourth-order valence-corrected chi connectivity index (χ4v) is 2.55. The summed E-state index contributed by atoms with van der Waals surface area (Å²) in [6.45, 7) is 1.71. The number of fused-ring (bicyclic) bond motifs is 1. The third-order valence-corrected chi connectivity index (χ3v) is 3.90. The van der Waals surface area contributed by atoms with Crippen LogP contribution in [-0.2, 0) is 0 Å². The van der Waals surface area contributed by atoms with Crippen molar-refractivity contribution in [2.45, 2.75) is 6.92 Å². The van der Waals surface area contributed by atoms with Crippen LogP contribution < -0.4 is 10.9 Å². The number of aromatic hydroxyl groups is 1. The summed E-state index contributed by atoms with van der Waals surface area (Å²) < 4.78 is 0. The number of aromatic amines is 1. The van der Waals surface area contributed by atoms with E-state index in [9.17, 15) is 14.7 Å². The number of pyridine rings is 1. The van der Waals surface area contributed by atoms with Crippen molar-refractivity contribution in [3.63, 3.8) is 0 Å². The first-order valence-electron chi connectivity index (χ1n) is 6.88. The lowest BCUT2D eigenvalue weighted by atomic mass is 10.1. The van der Waals surface area contributed by atoms with Crippen LogP contribution in [0.1, 0.15) is 15.9 Å². The quantitative estimate of drug-likeness (QED) is 0.674. The first-order valence-corrected chi connectivity index (χ1v) is 7.26. The number of phenols is 1. The predicted molar refractivity (Wildman–Crippen MR) is 90.4 cm³/mol. The molecule has 5 nitrogen and oxygen atoms in total. The number of aromatic nitrogens is 1. The van der Waals surface area contributed by atoms with Gasteiger partial charge in [-0.2, -0.15) is 0 Å². The minimum atomic E-state index is -0.475. The van der Waals surface area contributed by atoms with Crippen molar-refractivity contribution in [2.75, 3.05) is 5.32 Å². The van der Waals surface area contributed by atoms with Gasteiger partial charge in [-0.25, -0.2) is 0 Å². The van der Waals surface area contributed by atoms with E-state index in [0.717, 1.165) is 0 Å². The SMILES string of the molecule is Cc1cccc(C(=O)Nc2cc3cc[nH]c(=O)c3cc2Cl)c1O. The Kier molecular flexibility index (Phi) is 3.80. The molecule has 0 aliphatic carbocycles. The van der Waals surface area contributed by atoms with E-state index in [1.54, 1.807) is 31.2 Å². The predicted octanol–water partition coefficient (Wildman–Crippen LogP) is 3.45. The van der Waals surface area contributed by atoms with Crippen LogP contribution in [0.2, 0.25) is 5.02 Å². The van der Waals surface area contributed by atoms with Crippen LogP contribution in [0.4, 0.5) is 5.69 Å². The molecule has 3 rings (SSSR count). The summed E-state index contributed by atoms with van der Waals surface area (Å²) in [6, 6.07) is 9.76. The van der Waals surface area contributed by atoms with Crippen molar-refractivity contribution in [2.24, 2.45) is 0 Å². The molecule has 0 atom stereocenters. The van der Waals surface area contributed by atoms with E-state index < -0.39 is 5.91 Å². The Morgan fingerprint density at radius 2 is 2.04 bits per heavy atom. The number of anilines is 1. The Hall–Kier alpha value is -2.79. The summed E-state index contributed by atoms with van der Waals surface area (Å²) in [5.41, 5.74) is 0.884. The van der Waals surface area contributed by atoms with Crippen molar-refractivity contribution in [1.29, 1.82) is 0 Å². The lowest BCUT2D eigenvalue weighted by Gasteiger charge is -2.10. The number of carbonyl (C=O) groups is 1. The van der Waals surface area contributed by atoms with Gasteiger partial charge in [-0.05, 0) is 42.1 Å². The fraction of sp³-hybridized carbons (Fsp3) is 0.0588. The minimum Gasteiger partial charge on any atom is -0.507 e. The summed E-state index contributed by atoms with van der Waals surface area (Å²) in [5, 5.41) is 14.0. The van der Waals surface area contributed by atoms with E-state index in [1.165, 1.54) is 18.3 Å². The molecule has 3 N–H and O–H groups in total. The summed E-state index contributed by atoms with van der Waals surface area (Å²) in [5.74, 6) is -0.546. The number of benzene rings is 2. The van der Waals surface area contributed by atoms with Crippen LogP contribution in [0.15, 0.2) is 47.4 Å². The van der Waals surface area contributed by atoms with Gasteiger partial charge < -0.3 is 15.4 Å². The number of hydrogen-bond donors (Lipinski definition) is 3. The molecule has 0 saturated carbocycles. The molecule has 1 amide bonds. The second kappa shape index (κ2) is 5.78. The molecule has 0 bridgehead atoms. The maximum atomic E-state index is 12.3. The van der Waals surface area contributed by atoms with Gasteiger partial charge in [0, 0.05) is 11.6 Å². The Morgan fingerprint density at radius 3 is 2.83 bits per heavy atom. The number of nitrogens with one attached hydrogen (secondary N) is 2. The molecule has 23 heavy (non-hydrogen) atoms. The number of amides is 1. The Labute approximate surface area is 136 Å². The Morgan fingerprint density at radius 1 is 1.26 bits per heavy atom. The number of carbonyl (C=O) groups excluding carboxylic acids is 1. The van der Waals surface area contributed by atoms with Crippen molar-refractivity contribution in [3.05, 3.63) is 69.1 Å². The van der Waals surface area contributed by atoms with Gasteiger partial charge in [-0.3, -0.25) is 9.59 Å². The van der Waals surface area contributed by atoms with Gasteiger partial charge in [0.15, 0.2) is 0 Å². The number of hydrogen-bond acceptors (Lipinski definition) is 3. The molecule has 0 radical (unpaired) electrons. The van der Waals surface area contributed by atoms with Gasteiger partial charge in [-0.1, -0.05) is 23.7 Å². The summed E-state index contributed by atoms with van der Waals surface area (Å²) in [4.78, 5) is 26.6. The number of H-pyrrole nitrogens is 1. The summed E-state index contributed by atoms with van der Waals surface area (Å²) >= 11 is 6.15. The Balaban J connectivity index is 2.01. The number of rotatable bonds is 2. The van der Waals surface area contributed by atoms with Crippen molar-refractivity contribution >= 4 is 34.0 Å². The first kappa shape index (κ1) is 15.1. The molecule has 6 heteroatoms. The lowest BCUT2D eigenvalue weighted by Crippen LogP contribution is -2.13. The maximum Gasteiger partial charge on any atom is 0.259 e. The van der Waals surface area contributed by atoms with E-state index >= 15 is 0 Å². The molecule has 0 unspecified atom stereocenters. The van der Waals surface area contributed by atoms with Crippen LogP contribution in [0.3, 0.4) is 0 Å². The van der Waals surface area contributed by atoms with Gasteiger partial charge in [0.2, 0.25) is 0 Å². The van der Waals surface area contributed by atoms with Crippen molar-refractivity contribution < 1.29 is 9.90 Å². The second-order valence-corrected chi connectivity index (χ2v) is 5.56. The largest absolute Gasteiger partial charge is 0.507 e. The Bertz CT molecular complexity index is 979. The van der Waals surface area contributed by atoms with Gasteiger partial charge in [-0.15, -0.1) is 0 Å². The molecule has 1 heterocycles. The van der Waals surface area contributed by atoms with E-state index in [-0.39, 0.29) is 21.9 Å². The highest BCUT2D eigenvalue weighted by Crippen LogP contribution is 2.28. The summed E-state index contributed by atoms with van der Waals surface area (Å²) in [6.07, 6.45) is 1.52. The van der Waals surface area contributed by atoms with Crippen LogP contribution >= 0.6 is 11.6 Å². The zero-order valence-corrected chi connectivity index (χ0v) is 12.9. The highest BCUT2D eigenvalue weighted by atomic mass is 35.5. The zero-order valence-electron chi connectivity index (χ0n) is 12.2. The van der Waals surface area contributed by atoms with Gasteiger partial charge in [0.05, 0.1) is 16.3 Å². The van der Waals surface area contributed by atoms with Crippen LogP contribution in [0.5, 0.6) is 5.75 Å². The minimum absolute atomic E-state index is 0.0710. The van der Waals surface area contributed by atoms with Gasteiger partial charge in [0.1, 0.15) is 5.75 Å². The standard InChI is InChI=1S/C17H13ClN2O3/c1-9-3-2-4-11(15(9)21)17(23)20-14-7-10-5-6-19-16(22)12(10)8-13(14)18/h2-8,21H,1H3,(H,19,22)(H,20,23). The molecule has 2 aromatic carbocycles. The van der Waals surface area contributed by atoms with Crippen molar-refractivity contribution in [1.82, 2.24) is 4.98 Å². The molecule has 0 spiro atoms. The molecular formula is C17H13ClN2O3. The number of aryl methyl sites for hydroxylation is 1. The summed E-state index contributed by atoms with van der Waals surface area (Å²) in [7, 11) is 0. The fourth-order valence-electron chi connectivity index (χ4n) is 2.34. The van der Waals surface area contributed by atoms with Crippen LogP contribution in [-0.4, -0.2) is 16.0 Å². The third-order valence-electron chi connectivity index (χ3n) is 3.59. The van der Waals surface area contributed by atoms with E-state index in [1.807, 2.05) is 0 Å². The van der Waals surface area contributed by atoms with Crippen molar-refractivity contribution in [3.8, 4) is 5.75 Å². The van der Waals surface area contributed by atoms with E-state index in [0.29, 0.717) is 22.0 Å². The molecule has 0 aliphatic heterocycles. The smallest absolute Gasteiger partial charge is 0.259 e. The molecule has 0 fully saturated rings. The molecule has 1 aromatic heterocycles. The normalized spacial score (nSPS) is 10.7.